The number of hydrogen-bond donors (Lipinski definition) is 1. The van der Waals surface area contributed by atoms with E-state index in [0.29, 0.717) is 11.1 Å². The van der Waals surface area contributed by atoms with Gasteiger partial charge in [-0.3, -0.25) is 0 Å². The van der Waals surface area contributed by atoms with E-state index in [1.807, 2.05) is 0 Å². The number of sulfone groups is 1. The molecule has 3 nitrogen and oxygen atoms in total. The van der Waals surface area contributed by atoms with Gasteiger partial charge in [0.05, 0.1) is 5.75 Å². The van der Waals surface area contributed by atoms with Crippen molar-refractivity contribution in [3.05, 3.63) is 35.1 Å². The Morgan fingerprint density at radius 3 is 2.53 bits per heavy atom. The highest BCUT2D eigenvalue weighted by Gasteiger charge is 2.12. The summed E-state index contributed by atoms with van der Waals surface area (Å²) in [6, 6.07) is 4.04. The molecule has 84 valence electrons. The average molecular weight is 231 g/mol. The van der Waals surface area contributed by atoms with E-state index < -0.39 is 15.7 Å². The first kappa shape index (κ1) is 12.1. The fourth-order valence-electron chi connectivity index (χ4n) is 1.27. The average Bonchev–Trinajstić information content (AvgIpc) is 2.18. The standard InChI is InChI=1S/C10H14FNO2S/c1-2-15(13,14)7-9-5-10(11)4-3-8(9)6-12/h3-5H,2,6-7,12H2,1H3. The first-order valence-corrected chi connectivity index (χ1v) is 6.48. The molecule has 0 saturated heterocycles. The maximum atomic E-state index is 12.9. The zero-order valence-corrected chi connectivity index (χ0v) is 9.35. The van der Waals surface area contributed by atoms with Crippen molar-refractivity contribution >= 4 is 9.84 Å². The predicted molar refractivity (Wildman–Crippen MR) is 57.5 cm³/mol. The van der Waals surface area contributed by atoms with Crippen molar-refractivity contribution in [2.24, 2.45) is 5.73 Å². The van der Waals surface area contributed by atoms with Crippen molar-refractivity contribution < 1.29 is 12.8 Å². The van der Waals surface area contributed by atoms with Gasteiger partial charge in [-0.1, -0.05) is 13.0 Å². The summed E-state index contributed by atoms with van der Waals surface area (Å²) in [4.78, 5) is 0. The van der Waals surface area contributed by atoms with E-state index in [-0.39, 0.29) is 18.1 Å². The van der Waals surface area contributed by atoms with Crippen molar-refractivity contribution in [3.8, 4) is 0 Å². The summed E-state index contributed by atoms with van der Waals surface area (Å²) in [5.74, 6) is -0.532. The van der Waals surface area contributed by atoms with Crippen LogP contribution in [0.2, 0.25) is 0 Å². The van der Waals surface area contributed by atoms with Crippen LogP contribution in [-0.4, -0.2) is 14.2 Å². The Labute approximate surface area is 89.0 Å². The molecule has 15 heavy (non-hydrogen) atoms. The molecule has 0 aromatic heterocycles. The molecule has 0 heterocycles. The Morgan fingerprint density at radius 2 is 2.00 bits per heavy atom. The molecule has 0 aliphatic heterocycles. The molecule has 0 aliphatic carbocycles. The van der Waals surface area contributed by atoms with Gasteiger partial charge in [-0.2, -0.15) is 0 Å². The van der Waals surface area contributed by atoms with E-state index in [1.165, 1.54) is 18.2 Å². The predicted octanol–water partition coefficient (Wildman–Crippen LogP) is 1.22. The zero-order chi connectivity index (χ0) is 11.5. The maximum Gasteiger partial charge on any atom is 0.154 e. The van der Waals surface area contributed by atoms with Crippen LogP contribution in [-0.2, 0) is 22.1 Å². The minimum Gasteiger partial charge on any atom is -0.326 e. The molecule has 1 aromatic rings. The van der Waals surface area contributed by atoms with Gasteiger partial charge in [-0.25, -0.2) is 12.8 Å². The molecule has 0 fully saturated rings. The molecule has 0 spiro atoms. The van der Waals surface area contributed by atoms with E-state index in [1.54, 1.807) is 6.92 Å². The van der Waals surface area contributed by atoms with Crippen molar-refractivity contribution in [3.63, 3.8) is 0 Å². The fourth-order valence-corrected chi connectivity index (χ4v) is 2.21. The monoisotopic (exact) mass is 231 g/mol. The summed E-state index contributed by atoms with van der Waals surface area (Å²) in [5, 5.41) is 0. The second kappa shape index (κ2) is 4.72. The molecule has 0 radical (unpaired) electrons. The molecular weight excluding hydrogens is 217 g/mol. The van der Waals surface area contributed by atoms with Crippen molar-refractivity contribution in [1.29, 1.82) is 0 Å². The highest BCUT2D eigenvalue weighted by atomic mass is 32.2. The highest BCUT2D eigenvalue weighted by Crippen LogP contribution is 2.14. The van der Waals surface area contributed by atoms with Gasteiger partial charge in [0.15, 0.2) is 9.84 Å². The van der Waals surface area contributed by atoms with E-state index in [0.717, 1.165) is 0 Å². The van der Waals surface area contributed by atoms with Gasteiger partial charge < -0.3 is 5.73 Å². The summed E-state index contributed by atoms with van der Waals surface area (Å²) in [7, 11) is -3.14. The SMILES string of the molecule is CCS(=O)(=O)Cc1cc(F)ccc1CN. The number of hydrogen-bond acceptors (Lipinski definition) is 3. The lowest BCUT2D eigenvalue weighted by Crippen LogP contribution is -2.10. The number of halogens is 1. The Morgan fingerprint density at radius 1 is 1.33 bits per heavy atom. The molecule has 0 amide bonds. The Hall–Kier alpha value is -0.940. The molecule has 5 heteroatoms. The topological polar surface area (TPSA) is 60.2 Å². The Balaban J connectivity index is 3.08. The normalized spacial score (nSPS) is 11.7. The van der Waals surface area contributed by atoms with Crippen LogP contribution in [0.25, 0.3) is 0 Å². The molecule has 0 aliphatic rings. The molecule has 1 rings (SSSR count). The molecule has 1 aromatic carbocycles. The third kappa shape index (κ3) is 3.28. The maximum absolute atomic E-state index is 12.9. The van der Waals surface area contributed by atoms with Gasteiger partial charge in [0.2, 0.25) is 0 Å². The Kier molecular flexibility index (Phi) is 3.82. The number of benzene rings is 1. The van der Waals surface area contributed by atoms with Crippen LogP contribution in [0.3, 0.4) is 0 Å². The van der Waals surface area contributed by atoms with Gasteiger partial charge in [0.1, 0.15) is 5.82 Å². The van der Waals surface area contributed by atoms with Gasteiger partial charge in [0.25, 0.3) is 0 Å². The van der Waals surface area contributed by atoms with Gasteiger partial charge in [-0.05, 0) is 23.3 Å². The quantitative estimate of drug-likeness (QED) is 0.847. The number of rotatable bonds is 4. The lowest BCUT2D eigenvalue weighted by Gasteiger charge is -2.07. The largest absolute Gasteiger partial charge is 0.326 e. The van der Waals surface area contributed by atoms with E-state index in [4.69, 9.17) is 5.73 Å². The van der Waals surface area contributed by atoms with E-state index >= 15 is 0 Å². The molecule has 2 N–H and O–H groups in total. The molecule has 0 saturated carbocycles. The minimum absolute atomic E-state index is 0.0491. The minimum atomic E-state index is -3.14. The smallest absolute Gasteiger partial charge is 0.154 e. The first-order valence-electron chi connectivity index (χ1n) is 4.66. The van der Waals surface area contributed by atoms with Crippen LogP contribution < -0.4 is 5.73 Å². The highest BCUT2D eigenvalue weighted by molar-refractivity contribution is 7.90. The zero-order valence-electron chi connectivity index (χ0n) is 8.53. The lowest BCUT2D eigenvalue weighted by atomic mass is 10.1. The molecule has 0 unspecified atom stereocenters. The lowest BCUT2D eigenvalue weighted by molar-refractivity contribution is 0.595. The Bertz CT molecular complexity index is 443. The van der Waals surface area contributed by atoms with Crippen LogP contribution in [0, 0.1) is 5.82 Å². The molecular formula is C10H14FNO2S. The molecule has 0 atom stereocenters. The van der Waals surface area contributed by atoms with Crippen molar-refractivity contribution in [1.82, 2.24) is 0 Å². The number of nitrogens with two attached hydrogens (primary N) is 1. The van der Waals surface area contributed by atoms with Crippen molar-refractivity contribution in [2.45, 2.75) is 19.2 Å². The third-order valence-corrected chi connectivity index (χ3v) is 3.83. The van der Waals surface area contributed by atoms with Gasteiger partial charge in [0, 0.05) is 12.3 Å². The van der Waals surface area contributed by atoms with Gasteiger partial charge >= 0.3 is 0 Å². The van der Waals surface area contributed by atoms with E-state index in [9.17, 15) is 12.8 Å². The van der Waals surface area contributed by atoms with Crippen LogP contribution in [0.1, 0.15) is 18.1 Å². The van der Waals surface area contributed by atoms with Gasteiger partial charge in [-0.15, -0.1) is 0 Å². The summed E-state index contributed by atoms with van der Waals surface area (Å²) in [6.45, 7) is 1.78. The summed E-state index contributed by atoms with van der Waals surface area (Å²) in [5.41, 5.74) is 6.58. The summed E-state index contributed by atoms with van der Waals surface area (Å²) >= 11 is 0. The van der Waals surface area contributed by atoms with Crippen LogP contribution in [0.4, 0.5) is 4.39 Å². The first-order chi connectivity index (χ1) is 6.98. The molecule has 0 bridgehead atoms. The summed E-state index contributed by atoms with van der Waals surface area (Å²) < 4.78 is 35.7. The van der Waals surface area contributed by atoms with E-state index in [2.05, 4.69) is 0 Å². The van der Waals surface area contributed by atoms with Crippen LogP contribution in [0.15, 0.2) is 18.2 Å². The fraction of sp³-hybridized carbons (Fsp3) is 0.400. The summed E-state index contributed by atoms with van der Waals surface area (Å²) in [6.07, 6.45) is 0. The van der Waals surface area contributed by atoms with Crippen LogP contribution >= 0.6 is 0 Å². The van der Waals surface area contributed by atoms with Crippen molar-refractivity contribution in [2.75, 3.05) is 5.75 Å². The second-order valence-electron chi connectivity index (χ2n) is 3.29. The second-order valence-corrected chi connectivity index (χ2v) is 5.65. The van der Waals surface area contributed by atoms with Crippen LogP contribution in [0.5, 0.6) is 0 Å². The third-order valence-electron chi connectivity index (χ3n) is 2.20.